The van der Waals surface area contributed by atoms with Crippen LogP contribution in [0.1, 0.15) is 49.6 Å². The molecule has 2 aliphatic rings. The van der Waals surface area contributed by atoms with Crippen molar-refractivity contribution in [3.8, 4) is 0 Å². The van der Waals surface area contributed by atoms with Gasteiger partial charge in [-0.05, 0) is 50.3 Å². The molecule has 1 atom stereocenters. The van der Waals surface area contributed by atoms with Crippen LogP contribution in [0.5, 0.6) is 0 Å². The molecule has 0 bridgehead atoms. The summed E-state index contributed by atoms with van der Waals surface area (Å²) in [5, 5.41) is 6.31. The highest BCUT2D eigenvalue weighted by molar-refractivity contribution is 7.91. The van der Waals surface area contributed by atoms with Crippen molar-refractivity contribution >= 4 is 38.0 Å². The fraction of sp³-hybridized carbons (Fsp3) is 0.400. The lowest BCUT2D eigenvalue weighted by atomic mass is 10.1. The zero-order valence-corrected chi connectivity index (χ0v) is 17.2. The van der Waals surface area contributed by atoms with Crippen molar-refractivity contribution in [2.24, 2.45) is 0 Å². The van der Waals surface area contributed by atoms with Crippen LogP contribution in [0.3, 0.4) is 0 Å². The number of hydrogen-bond acceptors (Lipinski definition) is 5. The molecule has 6 nitrogen and oxygen atoms in total. The summed E-state index contributed by atoms with van der Waals surface area (Å²) in [5.74, 6) is -0.453. The number of rotatable bonds is 4. The van der Waals surface area contributed by atoms with Gasteiger partial charge in [-0.2, -0.15) is 0 Å². The highest BCUT2D eigenvalue weighted by atomic mass is 32.2. The van der Waals surface area contributed by atoms with Crippen molar-refractivity contribution in [2.45, 2.75) is 38.6 Å². The van der Waals surface area contributed by atoms with Gasteiger partial charge in [-0.15, -0.1) is 11.3 Å². The minimum absolute atomic E-state index is 0.0177. The monoisotopic (exact) mass is 418 g/mol. The number of nitrogens with one attached hydrogen (secondary N) is 2. The van der Waals surface area contributed by atoms with E-state index in [2.05, 4.69) is 10.6 Å². The van der Waals surface area contributed by atoms with Crippen LogP contribution in [0.15, 0.2) is 24.3 Å². The lowest BCUT2D eigenvalue weighted by Crippen LogP contribution is -2.36. The first kappa shape index (κ1) is 19.1. The van der Waals surface area contributed by atoms with Crippen molar-refractivity contribution in [2.75, 3.05) is 16.8 Å². The molecule has 0 radical (unpaired) electrons. The van der Waals surface area contributed by atoms with Gasteiger partial charge in [0.25, 0.3) is 11.8 Å². The van der Waals surface area contributed by atoms with E-state index in [9.17, 15) is 18.0 Å². The fourth-order valence-electron chi connectivity index (χ4n) is 3.78. The lowest BCUT2D eigenvalue weighted by molar-refractivity contribution is 0.0941. The lowest BCUT2D eigenvalue weighted by Gasteiger charge is -2.13. The predicted molar refractivity (Wildman–Crippen MR) is 110 cm³/mol. The summed E-state index contributed by atoms with van der Waals surface area (Å²) in [6.45, 7) is 1.96. The standard InChI is InChI=1S/C20H22N2O4S2/c1-12-5-7-13(8-6-12)18(23)22-20-17(15-3-2-4-16(15)27-20)19(24)21-14-9-10-28(25,26)11-14/h5-8,14H,2-4,9-11H2,1H3,(H,21,24)(H,22,23)/t14-/m0/s1. The summed E-state index contributed by atoms with van der Waals surface area (Å²) >= 11 is 1.45. The second-order valence-electron chi connectivity index (χ2n) is 7.46. The van der Waals surface area contributed by atoms with Gasteiger partial charge < -0.3 is 10.6 Å². The van der Waals surface area contributed by atoms with Crippen molar-refractivity contribution in [1.29, 1.82) is 0 Å². The first-order valence-corrected chi connectivity index (χ1v) is 12.0. The molecule has 0 spiro atoms. The van der Waals surface area contributed by atoms with Crippen LogP contribution in [0.2, 0.25) is 0 Å². The number of thiophene rings is 1. The molecule has 8 heteroatoms. The summed E-state index contributed by atoms with van der Waals surface area (Å²) in [4.78, 5) is 26.7. The SMILES string of the molecule is Cc1ccc(C(=O)Nc2sc3c(c2C(=O)N[C@H]2CCS(=O)(=O)C2)CCC3)cc1. The average Bonchev–Trinajstić information content (AvgIpc) is 3.29. The minimum atomic E-state index is -3.07. The molecule has 28 heavy (non-hydrogen) atoms. The van der Waals surface area contributed by atoms with E-state index in [1.165, 1.54) is 11.3 Å². The smallest absolute Gasteiger partial charge is 0.256 e. The average molecular weight is 419 g/mol. The zero-order valence-electron chi connectivity index (χ0n) is 15.6. The predicted octanol–water partition coefficient (Wildman–Crippen LogP) is 2.71. The van der Waals surface area contributed by atoms with Crippen LogP contribution >= 0.6 is 11.3 Å². The van der Waals surface area contributed by atoms with Crippen LogP contribution in [0, 0.1) is 6.92 Å². The first-order chi connectivity index (χ1) is 13.3. The van der Waals surface area contributed by atoms with Crippen LogP contribution in [0.25, 0.3) is 0 Å². The molecule has 0 saturated carbocycles. The van der Waals surface area contributed by atoms with E-state index in [0.29, 0.717) is 22.5 Å². The van der Waals surface area contributed by atoms with E-state index in [1.54, 1.807) is 12.1 Å². The van der Waals surface area contributed by atoms with Crippen LogP contribution in [-0.4, -0.2) is 37.8 Å². The van der Waals surface area contributed by atoms with Gasteiger partial charge in [0, 0.05) is 16.5 Å². The maximum Gasteiger partial charge on any atom is 0.256 e. The van der Waals surface area contributed by atoms with Gasteiger partial charge in [-0.3, -0.25) is 9.59 Å². The van der Waals surface area contributed by atoms with E-state index in [1.807, 2.05) is 19.1 Å². The second-order valence-corrected chi connectivity index (χ2v) is 10.8. The molecular formula is C20H22N2O4S2. The molecule has 148 valence electrons. The number of hydrogen-bond donors (Lipinski definition) is 2. The Bertz CT molecular complexity index is 1040. The Hall–Kier alpha value is -2.19. The summed E-state index contributed by atoms with van der Waals surface area (Å²) in [7, 11) is -3.07. The van der Waals surface area contributed by atoms with Gasteiger partial charge in [0.15, 0.2) is 9.84 Å². The molecule has 1 aliphatic heterocycles. The molecule has 2 N–H and O–H groups in total. The van der Waals surface area contributed by atoms with Crippen molar-refractivity contribution in [3.05, 3.63) is 51.4 Å². The van der Waals surface area contributed by atoms with Gasteiger partial charge in [0.1, 0.15) is 5.00 Å². The number of carbonyl (C=O) groups excluding carboxylic acids is 2. The zero-order chi connectivity index (χ0) is 19.9. The third-order valence-corrected chi connectivity index (χ3v) is 8.23. The van der Waals surface area contributed by atoms with Crippen molar-refractivity contribution in [1.82, 2.24) is 5.32 Å². The second kappa shape index (κ2) is 7.33. The van der Waals surface area contributed by atoms with E-state index in [0.717, 1.165) is 35.3 Å². The third kappa shape index (κ3) is 3.84. The first-order valence-electron chi connectivity index (χ1n) is 9.36. The van der Waals surface area contributed by atoms with E-state index >= 15 is 0 Å². The number of anilines is 1. The molecule has 1 aliphatic carbocycles. The molecule has 2 amide bonds. The van der Waals surface area contributed by atoms with Gasteiger partial charge in [0.2, 0.25) is 0 Å². The Morgan fingerprint density at radius 1 is 1.11 bits per heavy atom. The van der Waals surface area contributed by atoms with Gasteiger partial charge >= 0.3 is 0 Å². The molecule has 1 saturated heterocycles. The summed E-state index contributed by atoms with van der Waals surface area (Å²) in [5.41, 5.74) is 3.09. The Balaban J connectivity index is 1.57. The molecule has 0 unspecified atom stereocenters. The number of fused-ring (bicyclic) bond motifs is 1. The number of benzene rings is 1. The maximum absolute atomic E-state index is 13.0. The summed E-state index contributed by atoms with van der Waals surface area (Å²) in [6, 6.07) is 6.90. The normalized spacial score (nSPS) is 20.0. The fourth-order valence-corrected chi connectivity index (χ4v) is 6.73. The van der Waals surface area contributed by atoms with E-state index in [4.69, 9.17) is 0 Å². The maximum atomic E-state index is 13.0. The number of sulfone groups is 1. The Morgan fingerprint density at radius 2 is 1.86 bits per heavy atom. The topological polar surface area (TPSA) is 92.3 Å². The van der Waals surface area contributed by atoms with Crippen LogP contribution in [0.4, 0.5) is 5.00 Å². The van der Waals surface area contributed by atoms with Gasteiger partial charge in [-0.1, -0.05) is 17.7 Å². The highest BCUT2D eigenvalue weighted by Gasteiger charge is 2.32. The van der Waals surface area contributed by atoms with E-state index < -0.39 is 9.84 Å². The van der Waals surface area contributed by atoms with Crippen molar-refractivity contribution < 1.29 is 18.0 Å². The number of amides is 2. The molecule has 4 rings (SSSR count). The molecule has 1 aromatic heterocycles. The molecular weight excluding hydrogens is 396 g/mol. The quantitative estimate of drug-likeness (QED) is 0.799. The van der Waals surface area contributed by atoms with Crippen molar-refractivity contribution in [3.63, 3.8) is 0 Å². The highest BCUT2D eigenvalue weighted by Crippen LogP contribution is 2.39. The number of carbonyl (C=O) groups is 2. The van der Waals surface area contributed by atoms with Gasteiger partial charge in [-0.25, -0.2) is 8.42 Å². The van der Waals surface area contributed by atoms with E-state index in [-0.39, 0.29) is 29.4 Å². The Labute approximate surface area is 168 Å². The summed E-state index contributed by atoms with van der Waals surface area (Å²) < 4.78 is 23.4. The van der Waals surface area contributed by atoms with Crippen LogP contribution in [-0.2, 0) is 22.7 Å². The molecule has 2 aromatic rings. The molecule has 1 aromatic carbocycles. The van der Waals surface area contributed by atoms with Crippen LogP contribution < -0.4 is 10.6 Å². The Kier molecular flexibility index (Phi) is 5.01. The molecule has 1 fully saturated rings. The number of aryl methyl sites for hydroxylation is 2. The molecule has 2 heterocycles. The summed E-state index contributed by atoms with van der Waals surface area (Å²) in [6.07, 6.45) is 3.13. The largest absolute Gasteiger partial charge is 0.348 e. The Morgan fingerprint density at radius 3 is 2.54 bits per heavy atom. The third-order valence-electron chi connectivity index (χ3n) is 5.26. The van der Waals surface area contributed by atoms with Gasteiger partial charge in [0.05, 0.1) is 17.1 Å². The minimum Gasteiger partial charge on any atom is -0.348 e.